The van der Waals surface area contributed by atoms with Crippen LogP contribution in [0.1, 0.15) is 65.7 Å². The first-order chi connectivity index (χ1) is 9.82. The van der Waals surface area contributed by atoms with Crippen LogP contribution in [0.2, 0.25) is 0 Å². The van der Waals surface area contributed by atoms with Crippen molar-refractivity contribution in [3.05, 3.63) is 0 Å². The van der Waals surface area contributed by atoms with Gasteiger partial charge in [-0.25, -0.2) is 0 Å². The Labute approximate surface area is 128 Å². The Balaban J connectivity index is 1.63. The van der Waals surface area contributed by atoms with Crippen molar-refractivity contribution < 1.29 is 14.6 Å². The monoisotopic (exact) mass is 297 g/mol. The van der Waals surface area contributed by atoms with Crippen LogP contribution < -0.4 is 5.32 Å². The smallest absolute Gasteiger partial charge is 0.220 e. The van der Waals surface area contributed by atoms with E-state index in [1.54, 1.807) is 0 Å². The Kier molecular flexibility index (Phi) is 5.31. The zero-order chi connectivity index (χ0) is 15.5. The van der Waals surface area contributed by atoms with Gasteiger partial charge in [-0.05, 0) is 56.8 Å². The van der Waals surface area contributed by atoms with Gasteiger partial charge in [-0.15, -0.1) is 0 Å². The van der Waals surface area contributed by atoms with Crippen molar-refractivity contribution in [1.82, 2.24) is 5.32 Å². The summed E-state index contributed by atoms with van der Waals surface area (Å²) in [6.07, 6.45) is 6.56. The van der Waals surface area contributed by atoms with E-state index in [4.69, 9.17) is 4.74 Å². The zero-order valence-electron chi connectivity index (χ0n) is 13.8. The third-order valence-electron chi connectivity index (χ3n) is 5.22. The number of rotatable bonds is 6. The van der Waals surface area contributed by atoms with E-state index in [1.165, 1.54) is 0 Å². The van der Waals surface area contributed by atoms with Crippen LogP contribution in [-0.4, -0.2) is 35.9 Å². The molecule has 122 valence electrons. The normalized spacial score (nSPS) is 30.5. The van der Waals surface area contributed by atoms with Gasteiger partial charge in [0.1, 0.15) is 0 Å². The molecule has 0 spiro atoms. The van der Waals surface area contributed by atoms with E-state index >= 15 is 0 Å². The van der Waals surface area contributed by atoms with E-state index in [2.05, 4.69) is 19.2 Å². The van der Waals surface area contributed by atoms with Crippen molar-refractivity contribution in [3.63, 3.8) is 0 Å². The van der Waals surface area contributed by atoms with Crippen molar-refractivity contribution >= 4 is 5.91 Å². The van der Waals surface area contributed by atoms with E-state index in [9.17, 15) is 9.90 Å². The largest absolute Gasteiger partial charge is 0.388 e. The Morgan fingerprint density at radius 2 is 1.86 bits per heavy atom. The van der Waals surface area contributed by atoms with Gasteiger partial charge in [-0.2, -0.15) is 0 Å². The van der Waals surface area contributed by atoms with Gasteiger partial charge in [0.25, 0.3) is 0 Å². The summed E-state index contributed by atoms with van der Waals surface area (Å²) in [4.78, 5) is 12.0. The molecular formula is C17H31NO3. The fourth-order valence-electron chi connectivity index (χ4n) is 3.38. The molecule has 0 aliphatic heterocycles. The highest BCUT2D eigenvalue weighted by Crippen LogP contribution is 2.40. The van der Waals surface area contributed by atoms with Crippen molar-refractivity contribution in [2.75, 3.05) is 13.2 Å². The van der Waals surface area contributed by atoms with Crippen molar-refractivity contribution in [3.8, 4) is 0 Å². The zero-order valence-corrected chi connectivity index (χ0v) is 13.8. The molecule has 0 unspecified atom stereocenters. The lowest BCUT2D eigenvalue weighted by Gasteiger charge is -2.40. The van der Waals surface area contributed by atoms with Gasteiger partial charge < -0.3 is 15.2 Å². The summed E-state index contributed by atoms with van der Waals surface area (Å²) in [6.45, 7) is 7.66. The van der Waals surface area contributed by atoms with E-state index < -0.39 is 5.60 Å². The minimum atomic E-state index is -0.696. The SMILES string of the molecule is CCOC1CC(CC(=O)NCC2(O)CCC(C)(C)CC2)C1. The molecule has 21 heavy (non-hydrogen) atoms. The average molecular weight is 297 g/mol. The predicted molar refractivity (Wildman–Crippen MR) is 83.0 cm³/mol. The first kappa shape index (κ1) is 16.8. The van der Waals surface area contributed by atoms with Crippen LogP contribution in [0.3, 0.4) is 0 Å². The van der Waals surface area contributed by atoms with Gasteiger partial charge in [0.15, 0.2) is 0 Å². The van der Waals surface area contributed by atoms with Gasteiger partial charge >= 0.3 is 0 Å². The molecule has 0 heterocycles. The fraction of sp³-hybridized carbons (Fsp3) is 0.941. The van der Waals surface area contributed by atoms with Gasteiger partial charge in [0.05, 0.1) is 11.7 Å². The summed E-state index contributed by atoms with van der Waals surface area (Å²) in [7, 11) is 0. The second-order valence-corrected chi connectivity index (χ2v) is 7.78. The summed E-state index contributed by atoms with van der Waals surface area (Å²) in [5, 5.41) is 13.5. The fourth-order valence-corrected chi connectivity index (χ4v) is 3.38. The number of carbonyl (C=O) groups excluding carboxylic acids is 1. The molecule has 2 saturated carbocycles. The summed E-state index contributed by atoms with van der Waals surface area (Å²) in [5.74, 6) is 0.537. The first-order valence-electron chi connectivity index (χ1n) is 8.43. The molecule has 0 aromatic rings. The lowest BCUT2D eigenvalue weighted by atomic mass is 9.71. The molecule has 4 nitrogen and oxygen atoms in total. The van der Waals surface area contributed by atoms with E-state index in [0.29, 0.717) is 30.4 Å². The molecule has 0 bridgehead atoms. The number of amides is 1. The van der Waals surface area contributed by atoms with Crippen LogP contribution in [0.25, 0.3) is 0 Å². The van der Waals surface area contributed by atoms with Crippen LogP contribution in [-0.2, 0) is 9.53 Å². The Morgan fingerprint density at radius 1 is 1.24 bits per heavy atom. The minimum absolute atomic E-state index is 0.0770. The maximum atomic E-state index is 12.0. The molecule has 1 amide bonds. The minimum Gasteiger partial charge on any atom is -0.388 e. The standard InChI is InChI=1S/C17H31NO3/c1-4-21-14-9-13(10-14)11-15(19)18-12-17(20)7-5-16(2,3)6-8-17/h13-14,20H,4-12H2,1-3H3,(H,18,19). The summed E-state index contributed by atoms with van der Waals surface area (Å²) in [5.41, 5.74) is -0.366. The van der Waals surface area contributed by atoms with Gasteiger partial charge in [-0.1, -0.05) is 13.8 Å². The molecule has 2 rings (SSSR count). The molecule has 0 radical (unpaired) electrons. The molecule has 2 N–H and O–H groups in total. The first-order valence-corrected chi connectivity index (χ1v) is 8.43. The van der Waals surface area contributed by atoms with Crippen LogP contribution in [0.4, 0.5) is 0 Å². The lowest BCUT2D eigenvalue weighted by Crippen LogP contribution is -2.47. The highest BCUT2D eigenvalue weighted by atomic mass is 16.5. The van der Waals surface area contributed by atoms with Crippen molar-refractivity contribution in [2.45, 2.75) is 77.4 Å². The quantitative estimate of drug-likeness (QED) is 0.792. The van der Waals surface area contributed by atoms with E-state index in [1.807, 2.05) is 6.92 Å². The van der Waals surface area contributed by atoms with Crippen molar-refractivity contribution in [1.29, 1.82) is 0 Å². The Hall–Kier alpha value is -0.610. The molecular weight excluding hydrogens is 266 g/mol. The molecule has 0 saturated heterocycles. The van der Waals surface area contributed by atoms with Gasteiger partial charge in [0.2, 0.25) is 5.91 Å². The average Bonchev–Trinajstić information content (AvgIpc) is 2.38. The van der Waals surface area contributed by atoms with E-state index in [0.717, 1.165) is 45.1 Å². The van der Waals surface area contributed by atoms with Crippen LogP contribution in [0.15, 0.2) is 0 Å². The highest BCUT2D eigenvalue weighted by Gasteiger charge is 2.37. The van der Waals surface area contributed by atoms with Gasteiger partial charge in [0, 0.05) is 19.6 Å². The molecule has 2 fully saturated rings. The second-order valence-electron chi connectivity index (χ2n) is 7.78. The summed E-state index contributed by atoms with van der Waals surface area (Å²) >= 11 is 0. The third-order valence-corrected chi connectivity index (χ3v) is 5.22. The molecule has 2 aliphatic rings. The van der Waals surface area contributed by atoms with Crippen LogP contribution in [0.5, 0.6) is 0 Å². The highest BCUT2D eigenvalue weighted by molar-refractivity contribution is 5.76. The Morgan fingerprint density at radius 3 is 2.43 bits per heavy atom. The molecule has 2 aliphatic carbocycles. The van der Waals surface area contributed by atoms with Crippen LogP contribution in [0, 0.1) is 11.3 Å². The Bertz CT molecular complexity index is 351. The molecule has 4 heteroatoms. The maximum Gasteiger partial charge on any atom is 0.220 e. The number of ether oxygens (including phenoxy) is 1. The number of nitrogens with one attached hydrogen (secondary N) is 1. The second kappa shape index (κ2) is 6.66. The van der Waals surface area contributed by atoms with Crippen molar-refractivity contribution in [2.24, 2.45) is 11.3 Å². The third kappa shape index (κ3) is 4.96. The summed E-state index contributed by atoms with van der Waals surface area (Å²) in [6, 6.07) is 0. The number of aliphatic hydroxyl groups is 1. The number of hydrogen-bond donors (Lipinski definition) is 2. The van der Waals surface area contributed by atoms with Gasteiger partial charge in [-0.3, -0.25) is 4.79 Å². The number of carbonyl (C=O) groups is 1. The van der Waals surface area contributed by atoms with Crippen LogP contribution >= 0.6 is 0 Å². The van der Waals surface area contributed by atoms with E-state index in [-0.39, 0.29) is 5.91 Å². The maximum absolute atomic E-state index is 12.0. The molecule has 0 aromatic heterocycles. The number of hydrogen-bond acceptors (Lipinski definition) is 3. The topological polar surface area (TPSA) is 58.6 Å². The molecule has 0 aromatic carbocycles. The lowest BCUT2D eigenvalue weighted by molar-refractivity contribution is -0.126. The molecule has 0 atom stereocenters. The predicted octanol–water partition coefficient (Wildman–Crippen LogP) is 2.64. The summed E-state index contributed by atoms with van der Waals surface area (Å²) < 4.78 is 5.51.